The Bertz CT molecular complexity index is 987. The number of fused-ring (bicyclic) bond motifs is 1. The smallest absolute Gasteiger partial charge is 0.272 e. The van der Waals surface area contributed by atoms with Gasteiger partial charge in [-0.1, -0.05) is 32.9 Å². The molecule has 1 aromatic carbocycles. The van der Waals surface area contributed by atoms with Gasteiger partial charge in [0.2, 0.25) is 0 Å². The number of benzene rings is 1. The fourth-order valence-corrected chi connectivity index (χ4v) is 2.56. The van der Waals surface area contributed by atoms with Gasteiger partial charge in [-0.2, -0.15) is 5.10 Å². The third kappa shape index (κ3) is 4.19. The third-order valence-electron chi connectivity index (χ3n) is 4.21. The van der Waals surface area contributed by atoms with Crippen LogP contribution >= 0.6 is 0 Å². The van der Waals surface area contributed by atoms with E-state index in [2.05, 4.69) is 15.4 Å². The number of rotatable bonds is 5. The molecule has 0 aliphatic rings. The summed E-state index contributed by atoms with van der Waals surface area (Å²) in [6, 6.07) is 9.56. The standard InChI is InChI=1S/C20H21FN4O2/c1-20(2,3)16(26)11-23-19(27)17-15-5-4-10-22-18(15)25(24-17)12-13-6-8-14(21)9-7-13/h4-10H,11-12H2,1-3H3,(H,23,27). The molecule has 3 rings (SSSR count). The minimum absolute atomic E-state index is 0.0606. The first-order valence-corrected chi connectivity index (χ1v) is 8.63. The molecule has 0 spiro atoms. The number of ketones is 1. The van der Waals surface area contributed by atoms with E-state index in [1.54, 1.807) is 55.9 Å². The lowest BCUT2D eigenvalue weighted by Crippen LogP contribution is -2.35. The second kappa shape index (κ2) is 7.26. The molecule has 0 unspecified atom stereocenters. The van der Waals surface area contributed by atoms with Crippen molar-refractivity contribution in [2.75, 3.05) is 6.54 Å². The molecular weight excluding hydrogens is 347 g/mol. The molecule has 0 saturated carbocycles. The van der Waals surface area contributed by atoms with Crippen LogP contribution < -0.4 is 5.32 Å². The van der Waals surface area contributed by atoms with Gasteiger partial charge in [0.25, 0.3) is 5.91 Å². The molecule has 0 bridgehead atoms. The minimum Gasteiger partial charge on any atom is -0.344 e. The van der Waals surface area contributed by atoms with Crippen molar-refractivity contribution in [1.82, 2.24) is 20.1 Å². The number of hydrogen-bond acceptors (Lipinski definition) is 4. The van der Waals surface area contributed by atoms with E-state index in [0.717, 1.165) is 5.56 Å². The lowest BCUT2D eigenvalue weighted by atomic mass is 9.91. The van der Waals surface area contributed by atoms with E-state index in [9.17, 15) is 14.0 Å². The zero-order chi connectivity index (χ0) is 19.6. The van der Waals surface area contributed by atoms with Crippen molar-refractivity contribution < 1.29 is 14.0 Å². The van der Waals surface area contributed by atoms with Crippen molar-refractivity contribution in [2.24, 2.45) is 5.41 Å². The fourth-order valence-electron chi connectivity index (χ4n) is 2.56. The Labute approximate surface area is 156 Å². The highest BCUT2D eigenvalue weighted by Gasteiger charge is 2.23. The second-order valence-corrected chi connectivity index (χ2v) is 7.36. The van der Waals surface area contributed by atoms with E-state index in [1.165, 1.54) is 12.1 Å². The van der Waals surface area contributed by atoms with E-state index in [4.69, 9.17) is 0 Å². The summed E-state index contributed by atoms with van der Waals surface area (Å²) in [5.41, 5.74) is 1.07. The Morgan fingerprint density at radius 1 is 1.15 bits per heavy atom. The summed E-state index contributed by atoms with van der Waals surface area (Å²) in [5.74, 6) is -0.807. The molecule has 2 aromatic heterocycles. The van der Waals surface area contributed by atoms with Gasteiger partial charge >= 0.3 is 0 Å². The number of halogens is 1. The van der Waals surface area contributed by atoms with Crippen LogP contribution in [0.1, 0.15) is 36.8 Å². The molecule has 7 heteroatoms. The Kier molecular flexibility index (Phi) is 5.03. The molecule has 2 heterocycles. The summed E-state index contributed by atoms with van der Waals surface area (Å²) >= 11 is 0. The van der Waals surface area contributed by atoms with Crippen LogP contribution in [0.25, 0.3) is 11.0 Å². The highest BCUT2D eigenvalue weighted by atomic mass is 19.1. The first-order chi connectivity index (χ1) is 12.8. The van der Waals surface area contributed by atoms with Gasteiger partial charge in [0.05, 0.1) is 18.5 Å². The summed E-state index contributed by atoms with van der Waals surface area (Å²) in [6.45, 7) is 5.70. The van der Waals surface area contributed by atoms with Crippen molar-refractivity contribution in [1.29, 1.82) is 0 Å². The number of pyridine rings is 1. The SMILES string of the molecule is CC(C)(C)C(=O)CNC(=O)c1nn(Cc2ccc(F)cc2)c2ncccc12. The van der Waals surface area contributed by atoms with Crippen LogP contribution in [0.5, 0.6) is 0 Å². The topological polar surface area (TPSA) is 76.9 Å². The van der Waals surface area contributed by atoms with Crippen LogP contribution in [-0.2, 0) is 11.3 Å². The predicted molar refractivity (Wildman–Crippen MR) is 99.8 cm³/mol. The normalized spacial score (nSPS) is 11.6. The average molecular weight is 368 g/mol. The van der Waals surface area contributed by atoms with Gasteiger partial charge in [0.1, 0.15) is 5.82 Å². The van der Waals surface area contributed by atoms with Gasteiger partial charge in [-0.3, -0.25) is 9.59 Å². The average Bonchev–Trinajstić information content (AvgIpc) is 2.99. The fraction of sp³-hybridized carbons (Fsp3) is 0.300. The van der Waals surface area contributed by atoms with Gasteiger partial charge in [-0.05, 0) is 29.8 Å². The van der Waals surface area contributed by atoms with E-state index >= 15 is 0 Å². The molecule has 140 valence electrons. The summed E-state index contributed by atoms with van der Waals surface area (Å²) in [4.78, 5) is 29.0. The van der Waals surface area contributed by atoms with Crippen molar-refractivity contribution in [3.05, 3.63) is 59.7 Å². The number of Topliss-reactive ketones (excluding diaryl/α,β-unsaturated/α-hetero) is 1. The number of nitrogens with zero attached hydrogens (tertiary/aromatic N) is 3. The molecule has 0 radical (unpaired) electrons. The molecule has 0 saturated heterocycles. The van der Waals surface area contributed by atoms with Crippen LogP contribution in [0.15, 0.2) is 42.6 Å². The Balaban J connectivity index is 1.87. The first-order valence-electron chi connectivity index (χ1n) is 8.63. The zero-order valence-corrected chi connectivity index (χ0v) is 15.5. The van der Waals surface area contributed by atoms with Crippen LogP contribution in [-0.4, -0.2) is 33.0 Å². The molecule has 0 atom stereocenters. The lowest BCUT2D eigenvalue weighted by Gasteiger charge is -2.16. The first kappa shape index (κ1) is 18.7. The monoisotopic (exact) mass is 368 g/mol. The van der Waals surface area contributed by atoms with Gasteiger partial charge in [0, 0.05) is 11.6 Å². The van der Waals surface area contributed by atoms with E-state index in [1.807, 2.05) is 0 Å². The maximum atomic E-state index is 13.1. The molecule has 6 nitrogen and oxygen atoms in total. The highest BCUT2D eigenvalue weighted by Crippen LogP contribution is 2.18. The number of nitrogens with one attached hydrogen (secondary N) is 1. The minimum atomic E-state index is -0.529. The van der Waals surface area contributed by atoms with Crippen LogP contribution in [0, 0.1) is 11.2 Å². The Morgan fingerprint density at radius 2 is 1.85 bits per heavy atom. The number of amides is 1. The highest BCUT2D eigenvalue weighted by molar-refractivity contribution is 6.05. The second-order valence-electron chi connectivity index (χ2n) is 7.36. The maximum Gasteiger partial charge on any atom is 0.272 e. The van der Waals surface area contributed by atoms with Crippen molar-refractivity contribution in [3.63, 3.8) is 0 Å². The van der Waals surface area contributed by atoms with Crippen molar-refractivity contribution in [2.45, 2.75) is 27.3 Å². The number of carbonyl (C=O) groups is 2. The summed E-state index contributed by atoms with van der Waals surface area (Å²) < 4.78 is 14.7. The van der Waals surface area contributed by atoms with Crippen molar-refractivity contribution >= 4 is 22.7 Å². The largest absolute Gasteiger partial charge is 0.344 e. The van der Waals surface area contributed by atoms with Crippen molar-refractivity contribution in [3.8, 4) is 0 Å². The molecule has 3 aromatic rings. The molecule has 27 heavy (non-hydrogen) atoms. The molecule has 1 N–H and O–H groups in total. The summed E-state index contributed by atoms with van der Waals surface area (Å²) in [7, 11) is 0. The van der Waals surface area contributed by atoms with Gasteiger partial charge in [-0.15, -0.1) is 0 Å². The maximum absolute atomic E-state index is 13.1. The third-order valence-corrected chi connectivity index (χ3v) is 4.21. The Hall–Kier alpha value is -3.09. The van der Waals surface area contributed by atoms with Gasteiger partial charge < -0.3 is 5.32 Å². The molecule has 0 aliphatic carbocycles. The summed E-state index contributed by atoms with van der Waals surface area (Å²) in [6.07, 6.45) is 1.62. The van der Waals surface area contributed by atoms with E-state index in [-0.39, 0.29) is 23.8 Å². The lowest BCUT2D eigenvalue weighted by molar-refractivity contribution is -0.125. The quantitative estimate of drug-likeness (QED) is 0.751. The number of hydrogen-bond donors (Lipinski definition) is 1. The predicted octanol–water partition coefficient (Wildman–Crippen LogP) is 2.96. The zero-order valence-electron chi connectivity index (χ0n) is 15.5. The van der Waals surface area contributed by atoms with Crippen LogP contribution in [0.3, 0.4) is 0 Å². The van der Waals surface area contributed by atoms with Gasteiger partial charge in [-0.25, -0.2) is 14.1 Å². The van der Waals surface area contributed by atoms with E-state index < -0.39 is 11.3 Å². The van der Waals surface area contributed by atoms with Crippen LogP contribution in [0.4, 0.5) is 4.39 Å². The molecule has 0 aliphatic heterocycles. The number of carbonyl (C=O) groups excluding carboxylic acids is 2. The van der Waals surface area contributed by atoms with Gasteiger partial charge in [0.15, 0.2) is 17.1 Å². The Morgan fingerprint density at radius 3 is 2.52 bits per heavy atom. The summed E-state index contributed by atoms with van der Waals surface area (Å²) in [5, 5.41) is 7.62. The van der Waals surface area contributed by atoms with E-state index in [0.29, 0.717) is 17.6 Å². The number of aromatic nitrogens is 3. The molecular formula is C20H21FN4O2. The molecule has 1 amide bonds. The molecule has 0 fully saturated rings. The van der Waals surface area contributed by atoms with Crippen LogP contribution in [0.2, 0.25) is 0 Å².